The highest BCUT2D eigenvalue weighted by molar-refractivity contribution is 5.84. The first kappa shape index (κ1) is 26.9. The van der Waals surface area contributed by atoms with Crippen LogP contribution in [0.15, 0.2) is 65.9 Å². The lowest BCUT2D eigenvalue weighted by molar-refractivity contribution is 0.158. The van der Waals surface area contributed by atoms with Gasteiger partial charge >= 0.3 is 0 Å². The highest BCUT2D eigenvalue weighted by Crippen LogP contribution is 2.28. The zero-order chi connectivity index (χ0) is 28.5. The van der Waals surface area contributed by atoms with Crippen LogP contribution >= 0.6 is 0 Å². The molecule has 4 aromatic rings. The minimum Gasteiger partial charge on any atom is -0.481 e. The second kappa shape index (κ2) is 11.3. The lowest BCUT2D eigenvalue weighted by atomic mass is 10.0. The number of rotatable bonds is 7. The monoisotopic (exact) mass is 558 g/mol. The number of halogens is 2. The molecule has 0 spiro atoms. The summed E-state index contributed by atoms with van der Waals surface area (Å²) in [4.78, 5) is 26.9. The second-order valence-electron chi connectivity index (χ2n) is 10.7. The van der Waals surface area contributed by atoms with Gasteiger partial charge in [0.2, 0.25) is 5.88 Å². The molecule has 212 valence electrons. The molecule has 1 fully saturated rings. The van der Waals surface area contributed by atoms with Crippen molar-refractivity contribution in [2.24, 2.45) is 0 Å². The number of methoxy groups -OCH3 is 1. The second-order valence-corrected chi connectivity index (χ2v) is 10.7. The van der Waals surface area contributed by atoms with Crippen molar-refractivity contribution in [2.45, 2.75) is 44.9 Å². The molecule has 10 heteroatoms. The Kier molecular flexibility index (Phi) is 7.40. The molecule has 0 saturated carbocycles. The Morgan fingerprint density at radius 3 is 2.83 bits per heavy atom. The SMILES string of the molecule is COc1cc(CN(Cc2cn3c4c(c(F)c(F)cc4c2=O)CC=CC3)[C@H]2CCCN(c3ccc(N)nc3)C2)ccn1. The molecule has 0 radical (unpaired) electrons. The molecule has 1 saturated heterocycles. The Morgan fingerprint density at radius 1 is 1.15 bits per heavy atom. The molecule has 8 nitrogen and oxygen atoms in total. The summed E-state index contributed by atoms with van der Waals surface area (Å²) >= 11 is 0. The Bertz CT molecular complexity index is 1670. The topological polar surface area (TPSA) is 89.5 Å². The summed E-state index contributed by atoms with van der Waals surface area (Å²) in [5, 5.41) is 0.212. The van der Waals surface area contributed by atoms with Crippen molar-refractivity contribution in [1.29, 1.82) is 0 Å². The summed E-state index contributed by atoms with van der Waals surface area (Å²) in [6, 6.07) is 8.78. The maximum atomic E-state index is 14.8. The molecule has 1 atom stereocenters. The number of piperidine rings is 1. The third-order valence-corrected chi connectivity index (χ3v) is 8.03. The van der Waals surface area contributed by atoms with E-state index in [9.17, 15) is 13.6 Å². The number of ether oxygens (including phenoxy) is 1. The van der Waals surface area contributed by atoms with Gasteiger partial charge in [0, 0.05) is 73.7 Å². The molecule has 0 aliphatic carbocycles. The number of allylic oxidation sites excluding steroid dienone is 2. The van der Waals surface area contributed by atoms with Crippen LogP contribution < -0.4 is 20.8 Å². The van der Waals surface area contributed by atoms with Gasteiger partial charge < -0.3 is 19.9 Å². The van der Waals surface area contributed by atoms with Crippen molar-refractivity contribution in [3.8, 4) is 5.88 Å². The smallest absolute Gasteiger partial charge is 0.213 e. The van der Waals surface area contributed by atoms with Crippen LogP contribution in [0.5, 0.6) is 5.88 Å². The Hall–Kier alpha value is -4.31. The van der Waals surface area contributed by atoms with Gasteiger partial charge in [-0.3, -0.25) is 9.69 Å². The number of pyridine rings is 3. The fraction of sp³-hybridized carbons (Fsp3) is 0.323. The van der Waals surface area contributed by atoms with Crippen molar-refractivity contribution < 1.29 is 13.5 Å². The number of nitrogen functional groups attached to an aromatic ring is 1. The van der Waals surface area contributed by atoms with E-state index in [1.807, 2.05) is 41.1 Å². The molecule has 3 aromatic heterocycles. The molecular formula is C31H32F2N6O2. The van der Waals surface area contributed by atoms with Crippen LogP contribution in [-0.2, 0) is 26.1 Å². The largest absolute Gasteiger partial charge is 0.481 e. The van der Waals surface area contributed by atoms with Crippen molar-refractivity contribution >= 4 is 22.4 Å². The molecule has 2 N–H and O–H groups in total. The van der Waals surface area contributed by atoms with E-state index in [0.29, 0.717) is 42.4 Å². The molecule has 1 aromatic carbocycles. The summed E-state index contributed by atoms with van der Waals surface area (Å²) in [6.07, 6.45) is 11.2. The van der Waals surface area contributed by atoms with E-state index in [1.54, 1.807) is 25.6 Å². The van der Waals surface area contributed by atoms with Crippen molar-refractivity contribution in [2.75, 3.05) is 30.8 Å². The van der Waals surface area contributed by atoms with Crippen LogP contribution in [0.1, 0.15) is 29.5 Å². The summed E-state index contributed by atoms with van der Waals surface area (Å²) in [6.45, 7) is 3.00. The van der Waals surface area contributed by atoms with Crippen LogP contribution in [0.4, 0.5) is 20.3 Å². The maximum Gasteiger partial charge on any atom is 0.213 e. The number of nitrogens with zero attached hydrogens (tertiary/aromatic N) is 5. The quantitative estimate of drug-likeness (QED) is 0.336. The van der Waals surface area contributed by atoms with Gasteiger partial charge in [0.05, 0.1) is 24.5 Å². The van der Waals surface area contributed by atoms with Gasteiger partial charge in [0.1, 0.15) is 5.82 Å². The van der Waals surface area contributed by atoms with Crippen LogP contribution in [0.25, 0.3) is 10.9 Å². The number of hydrogen-bond acceptors (Lipinski definition) is 7. The Morgan fingerprint density at radius 2 is 2.02 bits per heavy atom. The van der Waals surface area contributed by atoms with Gasteiger partial charge in [-0.05, 0) is 49.1 Å². The maximum absolute atomic E-state index is 14.8. The van der Waals surface area contributed by atoms with Gasteiger partial charge in [0.15, 0.2) is 17.1 Å². The molecular weight excluding hydrogens is 526 g/mol. The van der Waals surface area contributed by atoms with Crippen LogP contribution in [0.3, 0.4) is 0 Å². The van der Waals surface area contributed by atoms with Crippen molar-refractivity contribution in [3.63, 3.8) is 0 Å². The zero-order valence-electron chi connectivity index (χ0n) is 22.9. The summed E-state index contributed by atoms with van der Waals surface area (Å²) in [7, 11) is 1.58. The Labute approximate surface area is 236 Å². The zero-order valence-corrected chi connectivity index (χ0v) is 22.9. The van der Waals surface area contributed by atoms with E-state index in [-0.39, 0.29) is 28.8 Å². The molecule has 0 bridgehead atoms. The molecule has 5 heterocycles. The van der Waals surface area contributed by atoms with Gasteiger partial charge in [-0.25, -0.2) is 18.7 Å². The van der Waals surface area contributed by atoms with E-state index < -0.39 is 11.6 Å². The normalized spacial score (nSPS) is 16.8. The average molecular weight is 559 g/mol. The molecule has 2 aliphatic rings. The fourth-order valence-corrected chi connectivity index (χ4v) is 5.99. The highest BCUT2D eigenvalue weighted by atomic mass is 19.2. The van der Waals surface area contributed by atoms with Crippen LogP contribution in [0, 0.1) is 11.6 Å². The molecule has 41 heavy (non-hydrogen) atoms. The van der Waals surface area contributed by atoms with E-state index in [1.165, 1.54) is 0 Å². The number of nitrogens with two attached hydrogens (primary N) is 1. The number of anilines is 2. The molecule has 0 amide bonds. The van der Waals surface area contributed by atoms with E-state index >= 15 is 0 Å². The van der Waals surface area contributed by atoms with Gasteiger partial charge in [0.25, 0.3) is 0 Å². The first-order valence-corrected chi connectivity index (χ1v) is 13.8. The lowest BCUT2D eigenvalue weighted by Crippen LogP contribution is -2.48. The third-order valence-electron chi connectivity index (χ3n) is 8.03. The summed E-state index contributed by atoms with van der Waals surface area (Å²) in [5.41, 5.74) is 8.76. The number of hydrogen-bond donors (Lipinski definition) is 1. The summed E-state index contributed by atoms with van der Waals surface area (Å²) < 4.78 is 36.6. The average Bonchev–Trinajstić information content (AvgIpc) is 3.21. The minimum atomic E-state index is -0.996. The predicted octanol–water partition coefficient (Wildman–Crippen LogP) is 4.44. The summed E-state index contributed by atoms with van der Waals surface area (Å²) in [5.74, 6) is -0.896. The third kappa shape index (κ3) is 5.39. The highest BCUT2D eigenvalue weighted by Gasteiger charge is 2.28. The van der Waals surface area contributed by atoms with E-state index in [0.717, 1.165) is 43.2 Å². The Balaban J connectivity index is 1.39. The molecule has 0 unspecified atom stereocenters. The minimum absolute atomic E-state index is 0.111. The first-order chi connectivity index (χ1) is 19.9. The predicted molar refractivity (Wildman–Crippen MR) is 155 cm³/mol. The van der Waals surface area contributed by atoms with Gasteiger partial charge in [-0.1, -0.05) is 12.2 Å². The van der Waals surface area contributed by atoms with E-state index in [2.05, 4.69) is 19.8 Å². The fourth-order valence-electron chi connectivity index (χ4n) is 5.99. The van der Waals surface area contributed by atoms with Gasteiger partial charge in [-0.15, -0.1) is 0 Å². The van der Waals surface area contributed by atoms with Crippen LogP contribution in [0.2, 0.25) is 0 Å². The first-order valence-electron chi connectivity index (χ1n) is 13.8. The molecule has 2 aliphatic heterocycles. The van der Waals surface area contributed by atoms with Crippen molar-refractivity contribution in [3.05, 3.63) is 99.6 Å². The van der Waals surface area contributed by atoms with Crippen LogP contribution in [-0.4, -0.2) is 45.7 Å². The standard InChI is InChI=1S/C31H32F2N6O2/c1-41-28-13-20(9-10-35-28)16-39(23-5-4-12-37(19-23)22-7-8-27(34)36-15-22)18-21-17-38-11-3-2-6-24-29(33)26(32)14-25(30(24)38)31(21)40/h2-3,7-10,13-15,17,23H,4-6,11-12,16,18-19H2,1H3,(H2,34,36)/t23-/m0/s1. The van der Waals surface area contributed by atoms with Gasteiger partial charge in [-0.2, -0.15) is 0 Å². The molecule has 6 rings (SSSR count). The number of aromatic nitrogens is 3. The van der Waals surface area contributed by atoms with Crippen molar-refractivity contribution in [1.82, 2.24) is 19.4 Å². The number of benzene rings is 1. The van der Waals surface area contributed by atoms with E-state index in [4.69, 9.17) is 10.5 Å². The lowest BCUT2D eigenvalue weighted by Gasteiger charge is -2.40.